The summed E-state index contributed by atoms with van der Waals surface area (Å²) < 4.78 is 0. The first-order valence-corrected chi connectivity index (χ1v) is 9.07. The Morgan fingerprint density at radius 2 is 1.60 bits per heavy atom. The van der Waals surface area contributed by atoms with Crippen LogP contribution in [0.25, 0.3) is 0 Å². The molecule has 4 rings (SSSR count). The van der Waals surface area contributed by atoms with Crippen LogP contribution in [0.2, 0.25) is 0 Å². The third kappa shape index (κ3) is 3.53. The Kier molecular flexibility index (Phi) is 4.81. The molecule has 1 atom stereocenters. The van der Waals surface area contributed by atoms with Gasteiger partial charge in [0.25, 0.3) is 5.69 Å². The van der Waals surface area contributed by atoms with Crippen molar-refractivity contribution in [2.75, 3.05) is 11.1 Å². The number of nitro groups is 1. The molecule has 3 aromatic carbocycles. The zero-order valence-electron chi connectivity index (χ0n) is 15.6. The maximum absolute atomic E-state index is 13.2. The average molecular weight is 400 g/mol. The molecular weight excluding hydrogens is 384 g/mol. The molecule has 3 N–H and O–H groups in total. The number of benzene rings is 3. The van der Waals surface area contributed by atoms with E-state index < -0.39 is 16.7 Å². The third-order valence-electron chi connectivity index (χ3n) is 4.68. The summed E-state index contributed by atoms with van der Waals surface area (Å²) in [6, 6.07) is 18.2. The molecule has 1 unspecified atom stereocenters. The second kappa shape index (κ2) is 7.59. The van der Waals surface area contributed by atoms with Gasteiger partial charge in [-0.3, -0.25) is 19.7 Å². The van der Waals surface area contributed by atoms with Gasteiger partial charge in [0.2, 0.25) is 5.78 Å². The number of nitrogens with zero attached hydrogens (tertiary/aromatic N) is 2. The molecule has 0 saturated carbocycles. The lowest BCUT2D eigenvalue weighted by atomic mass is 9.84. The predicted octanol–water partition coefficient (Wildman–Crippen LogP) is 3.81. The number of anilines is 2. The molecule has 0 amide bonds. The van der Waals surface area contributed by atoms with Gasteiger partial charge in [-0.25, -0.2) is 4.99 Å². The van der Waals surface area contributed by atoms with Gasteiger partial charge in [0, 0.05) is 34.6 Å². The van der Waals surface area contributed by atoms with Gasteiger partial charge in [-0.05, 0) is 18.2 Å². The lowest BCUT2D eigenvalue weighted by Gasteiger charge is -2.26. The highest BCUT2D eigenvalue weighted by Crippen LogP contribution is 2.28. The largest absolute Gasteiger partial charge is 0.398 e. The molecule has 148 valence electrons. The van der Waals surface area contributed by atoms with Crippen LogP contribution in [0.4, 0.5) is 22.7 Å². The van der Waals surface area contributed by atoms with Crippen molar-refractivity contribution < 1.29 is 14.5 Å². The SMILES string of the molecule is Nc1cc(N=C2C(=O)c3ccccc3C(=O)C2Nc2ccccc2)cc([N+](=O)[O-])c1. The van der Waals surface area contributed by atoms with Gasteiger partial charge in [0.1, 0.15) is 11.8 Å². The summed E-state index contributed by atoms with van der Waals surface area (Å²) in [5.74, 6) is -0.741. The number of non-ortho nitro benzene ring substituents is 1. The van der Waals surface area contributed by atoms with Crippen molar-refractivity contribution in [2.24, 2.45) is 4.99 Å². The molecule has 1 aliphatic carbocycles. The molecule has 0 bridgehead atoms. The molecule has 8 nitrogen and oxygen atoms in total. The highest BCUT2D eigenvalue weighted by molar-refractivity contribution is 6.56. The maximum Gasteiger partial charge on any atom is 0.273 e. The van der Waals surface area contributed by atoms with Crippen LogP contribution >= 0.6 is 0 Å². The van der Waals surface area contributed by atoms with Crippen molar-refractivity contribution in [2.45, 2.75) is 6.04 Å². The molecule has 0 aliphatic heterocycles. The van der Waals surface area contributed by atoms with Crippen molar-refractivity contribution in [1.29, 1.82) is 0 Å². The van der Waals surface area contributed by atoms with Crippen molar-refractivity contribution in [1.82, 2.24) is 0 Å². The van der Waals surface area contributed by atoms with Crippen LogP contribution in [0, 0.1) is 10.1 Å². The molecule has 3 aromatic rings. The Bertz CT molecular complexity index is 1200. The van der Waals surface area contributed by atoms with E-state index in [1.165, 1.54) is 18.2 Å². The standard InChI is InChI=1S/C22H16N4O4/c23-13-10-15(12-16(11-13)26(29)30)25-20-19(24-14-6-2-1-3-7-14)21(27)17-8-4-5-9-18(17)22(20)28/h1-12,19,24H,23H2. The zero-order valence-corrected chi connectivity index (χ0v) is 15.6. The summed E-state index contributed by atoms with van der Waals surface area (Å²) in [5, 5.41) is 14.2. The molecule has 0 fully saturated rings. The molecule has 0 radical (unpaired) electrons. The first-order chi connectivity index (χ1) is 14.4. The monoisotopic (exact) mass is 400 g/mol. The van der Waals surface area contributed by atoms with Crippen LogP contribution in [0.1, 0.15) is 20.7 Å². The van der Waals surface area contributed by atoms with Gasteiger partial charge < -0.3 is 11.1 Å². The minimum atomic E-state index is -1.05. The van der Waals surface area contributed by atoms with E-state index in [4.69, 9.17) is 5.73 Å². The van der Waals surface area contributed by atoms with E-state index in [9.17, 15) is 19.7 Å². The van der Waals surface area contributed by atoms with E-state index in [-0.39, 0.29) is 34.1 Å². The van der Waals surface area contributed by atoms with E-state index in [1.54, 1.807) is 48.5 Å². The van der Waals surface area contributed by atoms with Gasteiger partial charge in [-0.2, -0.15) is 0 Å². The van der Waals surface area contributed by atoms with Crippen molar-refractivity contribution >= 4 is 40.0 Å². The number of nitrogens with two attached hydrogens (primary N) is 1. The normalized spacial score (nSPS) is 16.9. The molecular formula is C22H16N4O4. The molecule has 1 aliphatic rings. The Morgan fingerprint density at radius 3 is 2.30 bits per heavy atom. The number of nitrogens with one attached hydrogen (secondary N) is 1. The molecule has 30 heavy (non-hydrogen) atoms. The predicted molar refractivity (Wildman–Crippen MR) is 114 cm³/mol. The van der Waals surface area contributed by atoms with Gasteiger partial charge in [-0.1, -0.05) is 42.5 Å². The number of fused-ring (bicyclic) bond motifs is 1. The lowest BCUT2D eigenvalue weighted by Crippen LogP contribution is -2.46. The first-order valence-electron chi connectivity index (χ1n) is 9.07. The third-order valence-corrected chi connectivity index (χ3v) is 4.68. The number of para-hydroxylation sites is 1. The second-order valence-corrected chi connectivity index (χ2v) is 6.72. The fourth-order valence-corrected chi connectivity index (χ4v) is 3.32. The number of Topliss-reactive ketones (excluding diaryl/α,β-unsaturated/α-hetero) is 2. The highest BCUT2D eigenvalue weighted by Gasteiger charge is 2.38. The van der Waals surface area contributed by atoms with Gasteiger partial charge in [-0.15, -0.1) is 0 Å². The minimum absolute atomic E-state index is 0.0533. The van der Waals surface area contributed by atoms with Crippen LogP contribution in [0.3, 0.4) is 0 Å². The van der Waals surface area contributed by atoms with Crippen LogP contribution < -0.4 is 11.1 Å². The average Bonchev–Trinajstić information content (AvgIpc) is 2.74. The highest BCUT2D eigenvalue weighted by atomic mass is 16.6. The van der Waals surface area contributed by atoms with Crippen LogP contribution in [0.5, 0.6) is 0 Å². The number of hydrogen-bond donors (Lipinski definition) is 2. The lowest BCUT2D eigenvalue weighted by molar-refractivity contribution is -0.384. The molecule has 8 heteroatoms. The van der Waals surface area contributed by atoms with E-state index in [2.05, 4.69) is 10.3 Å². The zero-order chi connectivity index (χ0) is 21.3. The van der Waals surface area contributed by atoms with Gasteiger partial charge >= 0.3 is 0 Å². The summed E-state index contributed by atoms with van der Waals surface area (Å²) >= 11 is 0. The molecule has 0 spiro atoms. The fraction of sp³-hybridized carbons (Fsp3) is 0.0455. The Balaban J connectivity index is 1.86. The van der Waals surface area contributed by atoms with Crippen molar-refractivity contribution in [3.05, 3.63) is 94.0 Å². The van der Waals surface area contributed by atoms with Crippen molar-refractivity contribution in [3.8, 4) is 0 Å². The number of hydrogen-bond acceptors (Lipinski definition) is 7. The van der Waals surface area contributed by atoms with Crippen molar-refractivity contribution in [3.63, 3.8) is 0 Å². The van der Waals surface area contributed by atoms with Crippen LogP contribution in [-0.4, -0.2) is 28.2 Å². The van der Waals surface area contributed by atoms with E-state index in [1.807, 2.05) is 6.07 Å². The van der Waals surface area contributed by atoms with E-state index >= 15 is 0 Å². The Morgan fingerprint density at radius 1 is 0.933 bits per heavy atom. The number of carbonyl (C=O) groups excluding carboxylic acids is 2. The number of aliphatic imine (C=N–C) groups is 1. The smallest absolute Gasteiger partial charge is 0.273 e. The summed E-state index contributed by atoms with van der Waals surface area (Å²) in [6.45, 7) is 0. The van der Waals surface area contributed by atoms with Gasteiger partial charge in [0.15, 0.2) is 5.78 Å². The molecule has 0 saturated heterocycles. The Hall–Kier alpha value is -4.33. The second-order valence-electron chi connectivity index (χ2n) is 6.72. The molecule has 0 aromatic heterocycles. The summed E-state index contributed by atoms with van der Waals surface area (Å²) in [6.07, 6.45) is 0. The summed E-state index contributed by atoms with van der Waals surface area (Å²) in [7, 11) is 0. The quantitative estimate of drug-likeness (QED) is 0.389. The topological polar surface area (TPSA) is 128 Å². The maximum atomic E-state index is 13.2. The Labute approximate surface area is 171 Å². The number of carbonyl (C=O) groups is 2. The minimum Gasteiger partial charge on any atom is -0.398 e. The van der Waals surface area contributed by atoms with E-state index in [0.717, 1.165) is 0 Å². The number of rotatable bonds is 4. The van der Waals surface area contributed by atoms with Crippen LogP contribution in [0.15, 0.2) is 77.8 Å². The molecule has 0 heterocycles. The number of ketones is 2. The fourth-order valence-electron chi connectivity index (χ4n) is 3.32. The van der Waals surface area contributed by atoms with E-state index in [0.29, 0.717) is 11.3 Å². The summed E-state index contributed by atoms with van der Waals surface area (Å²) in [4.78, 5) is 41.2. The number of nitrogen functional groups attached to an aromatic ring is 1. The van der Waals surface area contributed by atoms with Gasteiger partial charge in [0.05, 0.1) is 10.6 Å². The number of nitro benzene ring substituents is 1. The van der Waals surface area contributed by atoms with Crippen LogP contribution in [-0.2, 0) is 0 Å². The first kappa shape index (κ1) is 19.0. The summed E-state index contributed by atoms with van der Waals surface area (Å²) in [5.41, 5.74) is 6.88.